The molecule has 0 saturated heterocycles. The second-order valence-corrected chi connectivity index (χ2v) is 5.62. The van der Waals surface area contributed by atoms with Crippen molar-refractivity contribution in [2.24, 2.45) is 0 Å². The second kappa shape index (κ2) is 6.11. The predicted molar refractivity (Wildman–Crippen MR) is 82.9 cm³/mol. The molecule has 108 valence electrons. The monoisotopic (exact) mass is 301 g/mol. The Kier molecular flexibility index (Phi) is 4.03. The molecule has 0 aliphatic heterocycles. The number of fused-ring (bicyclic) bond motifs is 1. The van der Waals surface area contributed by atoms with Gasteiger partial charge in [-0.3, -0.25) is 0 Å². The molecule has 0 unspecified atom stereocenters. The van der Waals surface area contributed by atoms with Gasteiger partial charge >= 0.3 is 0 Å². The second-order valence-electron chi connectivity index (χ2n) is 4.51. The van der Waals surface area contributed by atoms with Crippen LogP contribution in [0, 0.1) is 0 Å². The molecule has 2 aromatic carbocycles. The molecule has 0 aliphatic carbocycles. The zero-order valence-electron chi connectivity index (χ0n) is 11.6. The van der Waals surface area contributed by atoms with Gasteiger partial charge in [-0.15, -0.1) is 11.3 Å². The maximum Gasteiger partial charge on any atom is 0.161 e. The maximum absolute atomic E-state index is 9.13. The molecule has 0 aliphatic rings. The largest absolute Gasteiger partial charge is 0.493 e. The van der Waals surface area contributed by atoms with Crippen LogP contribution in [-0.4, -0.2) is 17.2 Å². The number of aliphatic hydroxyl groups excluding tert-OH is 1. The van der Waals surface area contributed by atoms with Gasteiger partial charge < -0.3 is 14.6 Å². The van der Waals surface area contributed by atoms with Crippen molar-refractivity contribution in [3.8, 4) is 11.5 Å². The van der Waals surface area contributed by atoms with Gasteiger partial charge in [-0.1, -0.05) is 18.2 Å². The Bertz CT molecular complexity index is 721. The molecule has 3 aromatic rings. The highest BCUT2D eigenvalue weighted by Crippen LogP contribution is 2.30. The summed E-state index contributed by atoms with van der Waals surface area (Å²) in [5, 5.41) is 10.1. The molecule has 21 heavy (non-hydrogen) atoms. The lowest BCUT2D eigenvalue weighted by Gasteiger charge is -2.10. The van der Waals surface area contributed by atoms with Crippen molar-refractivity contribution in [2.75, 3.05) is 7.11 Å². The Hall–Kier alpha value is -2.11. The van der Waals surface area contributed by atoms with E-state index in [1.807, 2.05) is 30.3 Å². The summed E-state index contributed by atoms with van der Waals surface area (Å²) < 4.78 is 12.2. The third-order valence-electron chi connectivity index (χ3n) is 3.10. The summed E-state index contributed by atoms with van der Waals surface area (Å²) >= 11 is 1.62. The number of benzene rings is 2. The molecule has 0 radical (unpaired) electrons. The Morgan fingerprint density at radius 2 is 2.00 bits per heavy atom. The summed E-state index contributed by atoms with van der Waals surface area (Å²) in [4.78, 5) is 4.53. The van der Waals surface area contributed by atoms with E-state index in [1.165, 1.54) is 0 Å². The van der Waals surface area contributed by atoms with E-state index in [0.29, 0.717) is 18.1 Å². The standard InChI is InChI=1S/C16H15NO3S/c1-19-14-8-11(9-18)6-7-13(14)20-10-16-17-12-4-2-3-5-15(12)21-16/h2-8,18H,9-10H2,1H3. The highest BCUT2D eigenvalue weighted by Gasteiger charge is 2.08. The molecule has 0 spiro atoms. The number of ether oxygens (including phenoxy) is 2. The first-order valence-corrected chi connectivity index (χ1v) is 7.37. The number of rotatable bonds is 5. The Morgan fingerprint density at radius 3 is 2.76 bits per heavy atom. The quantitative estimate of drug-likeness (QED) is 0.785. The molecule has 0 saturated carbocycles. The summed E-state index contributed by atoms with van der Waals surface area (Å²) in [5.74, 6) is 1.26. The lowest BCUT2D eigenvalue weighted by molar-refractivity contribution is 0.274. The fourth-order valence-electron chi connectivity index (χ4n) is 2.05. The predicted octanol–water partition coefficient (Wildman–Crippen LogP) is 3.38. The number of hydrogen-bond donors (Lipinski definition) is 1. The minimum absolute atomic E-state index is 0.0193. The van der Waals surface area contributed by atoms with Crippen LogP contribution in [-0.2, 0) is 13.2 Å². The zero-order chi connectivity index (χ0) is 14.7. The summed E-state index contributed by atoms with van der Waals surface area (Å²) in [6, 6.07) is 13.4. The number of para-hydroxylation sites is 1. The van der Waals surface area contributed by atoms with Crippen molar-refractivity contribution in [3.63, 3.8) is 0 Å². The molecular weight excluding hydrogens is 286 g/mol. The first-order valence-electron chi connectivity index (χ1n) is 6.55. The average molecular weight is 301 g/mol. The molecule has 0 fully saturated rings. The first-order chi connectivity index (χ1) is 10.3. The van der Waals surface area contributed by atoms with Gasteiger partial charge in [0.2, 0.25) is 0 Å². The molecule has 1 N–H and O–H groups in total. The highest BCUT2D eigenvalue weighted by molar-refractivity contribution is 7.18. The fraction of sp³-hybridized carbons (Fsp3) is 0.188. The molecule has 3 rings (SSSR count). The van der Waals surface area contributed by atoms with Crippen LogP contribution in [0.15, 0.2) is 42.5 Å². The lowest BCUT2D eigenvalue weighted by Crippen LogP contribution is -1.98. The molecule has 5 heteroatoms. The van der Waals surface area contributed by atoms with Gasteiger partial charge in [0.05, 0.1) is 23.9 Å². The third kappa shape index (κ3) is 2.99. The number of nitrogens with zero attached hydrogens (tertiary/aromatic N) is 1. The molecule has 0 bridgehead atoms. The Balaban J connectivity index is 1.77. The summed E-state index contributed by atoms with van der Waals surface area (Å²) in [6.45, 7) is 0.378. The van der Waals surface area contributed by atoms with Crippen LogP contribution in [0.3, 0.4) is 0 Å². The van der Waals surface area contributed by atoms with Gasteiger partial charge in [0, 0.05) is 0 Å². The van der Waals surface area contributed by atoms with Crippen LogP contribution in [0.1, 0.15) is 10.6 Å². The topological polar surface area (TPSA) is 51.6 Å². The van der Waals surface area contributed by atoms with Crippen molar-refractivity contribution >= 4 is 21.6 Å². The van der Waals surface area contributed by atoms with Crippen molar-refractivity contribution in [2.45, 2.75) is 13.2 Å². The van der Waals surface area contributed by atoms with Crippen molar-refractivity contribution in [1.82, 2.24) is 4.98 Å². The van der Waals surface area contributed by atoms with Crippen molar-refractivity contribution < 1.29 is 14.6 Å². The molecular formula is C16H15NO3S. The molecule has 0 atom stereocenters. The van der Waals surface area contributed by atoms with Gasteiger partial charge in [0.1, 0.15) is 11.6 Å². The SMILES string of the molecule is COc1cc(CO)ccc1OCc1nc2ccccc2s1. The van der Waals surface area contributed by atoms with Crippen LogP contribution in [0.5, 0.6) is 11.5 Å². The van der Waals surface area contributed by atoms with Gasteiger partial charge in [0.25, 0.3) is 0 Å². The minimum atomic E-state index is -0.0193. The number of aromatic nitrogens is 1. The molecule has 0 amide bonds. The third-order valence-corrected chi connectivity index (χ3v) is 4.11. The average Bonchev–Trinajstić information content (AvgIpc) is 2.95. The van der Waals surface area contributed by atoms with E-state index in [9.17, 15) is 0 Å². The van der Waals surface area contributed by atoms with Gasteiger partial charge in [-0.2, -0.15) is 0 Å². The summed E-state index contributed by atoms with van der Waals surface area (Å²) in [5.41, 5.74) is 1.78. The lowest BCUT2D eigenvalue weighted by atomic mass is 10.2. The van der Waals surface area contributed by atoms with E-state index in [4.69, 9.17) is 14.6 Å². The number of aliphatic hydroxyl groups is 1. The van der Waals surface area contributed by atoms with E-state index in [1.54, 1.807) is 30.6 Å². The van der Waals surface area contributed by atoms with Crippen molar-refractivity contribution in [1.29, 1.82) is 0 Å². The van der Waals surface area contributed by atoms with E-state index >= 15 is 0 Å². The van der Waals surface area contributed by atoms with E-state index in [-0.39, 0.29) is 6.61 Å². The summed E-state index contributed by atoms with van der Waals surface area (Å²) in [7, 11) is 1.58. The van der Waals surface area contributed by atoms with Gasteiger partial charge in [-0.05, 0) is 29.8 Å². The van der Waals surface area contributed by atoms with Gasteiger partial charge in [0.15, 0.2) is 11.5 Å². The zero-order valence-corrected chi connectivity index (χ0v) is 12.4. The maximum atomic E-state index is 9.13. The fourth-order valence-corrected chi connectivity index (χ4v) is 2.93. The normalized spacial score (nSPS) is 10.8. The van der Waals surface area contributed by atoms with E-state index in [0.717, 1.165) is 20.8 Å². The van der Waals surface area contributed by atoms with Crippen LogP contribution >= 0.6 is 11.3 Å². The molecule has 1 heterocycles. The van der Waals surface area contributed by atoms with Crippen LogP contribution in [0.25, 0.3) is 10.2 Å². The van der Waals surface area contributed by atoms with Crippen molar-refractivity contribution in [3.05, 3.63) is 53.0 Å². The van der Waals surface area contributed by atoms with E-state index in [2.05, 4.69) is 4.98 Å². The van der Waals surface area contributed by atoms with Crippen LogP contribution in [0.4, 0.5) is 0 Å². The minimum Gasteiger partial charge on any atom is -0.493 e. The Morgan fingerprint density at radius 1 is 1.14 bits per heavy atom. The number of thiazole rings is 1. The Labute approximate surface area is 126 Å². The number of methoxy groups -OCH3 is 1. The van der Waals surface area contributed by atoms with Crippen LogP contribution in [0.2, 0.25) is 0 Å². The highest BCUT2D eigenvalue weighted by atomic mass is 32.1. The smallest absolute Gasteiger partial charge is 0.161 e. The summed E-state index contributed by atoms with van der Waals surface area (Å²) in [6.07, 6.45) is 0. The van der Waals surface area contributed by atoms with Gasteiger partial charge in [-0.25, -0.2) is 4.98 Å². The number of hydrogen-bond acceptors (Lipinski definition) is 5. The molecule has 4 nitrogen and oxygen atoms in total. The first kappa shape index (κ1) is 13.9. The van der Waals surface area contributed by atoms with E-state index < -0.39 is 0 Å². The van der Waals surface area contributed by atoms with Crippen LogP contribution < -0.4 is 9.47 Å². The molecule has 1 aromatic heterocycles.